The number of H-pyrrole nitrogens is 1. The maximum atomic E-state index is 11.8. The van der Waals surface area contributed by atoms with Gasteiger partial charge in [-0.05, 0) is 11.6 Å². The number of nitrogens with zero attached hydrogens (tertiary/aromatic N) is 2. The van der Waals surface area contributed by atoms with Crippen molar-refractivity contribution in [3.8, 4) is 0 Å². The number of nitrogens with one attached hydrogen (secondary N) is 2. The Balaban J connectivity index is 2.09. The van der Waals surface area contributed by atoms with Crippen LogP contribution < -0.4 is 4.72 Å². The molecule has 0 amide bonds. The van der Waals surface area contributed by atoms with Crippen LogP contribution in [0.2, 0.25) is 0 Å². The van der Waals surface area contributed by atoms with E-state index in [1.165, 1.54) is 24.5 Å². The quantitative estimate of drug-likeness (QED) is 0.694. The Labute approximate surface area is 104 Å². The first-order valence-electron chi connectivity index (χ1n) is 5.15. The standard InChI is InChI=1S/C10H12N4O3S/c15-7-8-1-2-10(13-5-8)18(16,17)14-6-9-11-3-4-12-9/h1-5,14-15H,6-7H2,(H,11,12). The molecule has 0 aliphatic heterocycles. The Hall–Kier alpha value is -1.77. The molecule has 0 unspecified atom stereocenters. The van der Waals surface area contributed by atoms with Gasteiger partial charge in [0.1, 0.15) is 5.82 Å². The summed E-state index contributed by atoms with van der Waals surface area (Å²) < 4.78 is 26.1. The zero-order chi connectivity index (χ0) is 13.0. The lowest BCUT2D eigenvalue weighted by Gasteiger charge is -2.04. The van der Waals surface area contributed by atoms with Crippen LogP contribution in [0.1, 0.15) is 11.4 Å². The second kappa shape index (κ2) is 5.25. The van der Waals surface area contributed by atoms with Gasteiger partial charge < -0.3 is 10.1 Å². The number of aromatic amines is 1. The zero-order valence-corrected chi connectivity index (χ0v) is 10.2. The molecule has 96 valence electrons. The van der Waals surface area contributed by atoms with Gasteiger partial charge in [0, 0.05) is 18.6 Å². The molecular formula is C10H12N4O3S. The summed E-state index contributed by atoms with van der Waals surface area (Å²) in [5.41, 5.74) is 0.556. The van der Waals surface area contributed by atoms with Crippen molar-refractivity contribution in [2.45, 2.75) is 18.2 Å². The van der Waals surface area contributed by atoms with E-state index in [2.05, 4.69) is 19.7 Å². The monoisotopic (exact) mass is 268 g/mol. The van der Waals surface area contributed by atoms with Crippen LogP contribution in [0.25, 0.3) is 0 Å². The normalized spacial score (nSPS) is 11.6. The second-order valence-corrected chi connectivity index (χ2v) is 5.24. The fraction of sp³-hybridized carbons (Fsp3) is 0.200. The summed E-state index contributed by atoms with van der Waals surface area (Å²) in [4.78, 5) is 10.5. The average Bonchev–Trinajstić information content (AvgIpc) is 2.90. The van der Waals surface area contributed by atoms with Crippen molar-refractivity contribution in [3.63, 3.8) is 0 Å². The van der Waals surface area contributed by atoms with Gasteiger partial charge in [-0.2, -0.15) is 0 Å². The minimum Gasteiger partial charge on any atom is -0.392 e. The minimum absolute atomic E-state index is 0.0682. The molecular weight excluding hydrogens is 256 g/mol. The minimum atomic E-state index is -3.66. The van der Waals surface area contributed by atoms with Crippen LogP contribution in [0.3, 0.4) is 0 Å². The van der Waals surface area contributed by atoms with Crippen LogP contribution in [0.15, 0.2) is 35.7 Å². The molecule has 2 aromatic heterocycles. The van der Waals surface area contributed by atoms with Gasteiger partial charge in [0.15, 0.2) is 5.03 Å². The smallest absolute Gasteiger partial charge is 0.258 e. The molecule has 2 heterocycles. The SMILES string of the molecule is O=S(=O)(NCc1ncc[nH]1)c1ccc(CO)cn1. The number of hydrogen-bond acceptors (Lipinski definition) is 5. The van der Waals surface area contributed by atoms with Gasteiger partial charge in [0.2, 0.25) is 0 Å². The molecule has 3 N–H and O–H groups in total. The van der Waals surface area contributed by atoms with Crippen molar-refractivity contribution < 1.29 is 13.5 Å². The molecule has 8 heteroatoms. The lowest BCUT2D eigenvalue weighted by Crippen LogP contribution is -2.24. The van der Waals surface area contributed by atoms with Gasteiger partial charge in [-0.15, -0.1) is 0 Å². The molecule has 0 aliphatic rings. The zero-order valence-electron chi connectivity index (χ0n) is 9.37. The number of rotatable bonds is 5. The number of sulfonamides is 1. The molecule has 18 heavy (non-hydrogen) atoms. The number of hydrogen-bond donors (Lipinski definition) is 3. The molecule has 2 aromatic rings. The predicted molar refractivity (Wildman–Crippen MR) is 62.8 cm³/mol. The highest BCUT2D eigenvalue weighted by molar-refractivity contribution is 7.89. The number of aliphatic hydroxyl groups is 1. The Bertz CT molecular complexity index is 593. The molecule has 0 aliphatic carbocycles. The molecule has 0 saturated heterocycles. The van der Waals surface area contributed by atoms with Gasteiger partial charge >= 0.3 is 0 Å². The fourth-order valence-corrected chi connectivity index (χ4v) is 2.21. The van der Waals surface area contributed by atoms with Gasteiger partial charge in [0.25, 0.3) is 10.0 Å². The molecule has 0 spiro atoms. The predicted octanol–water partition coefficient (Wildman–Crippen LogP) is -0.225. The highest BCUT2D eigenvalue weighted by Gasteiger charge is 2.15. The average molecular weight is 268 g/mol. The summed E-state index contributed by atoms with van der Waals surface area (Å²) in [6.07, 6.45) is 4.47. The van der Waals surface area contributed by atoms with E-state index in [0.717, 1.165) is 0 Å². The third-order valence-electron chi connectivity index (χ3n) is 2.24. The lowest BCUT2D eigenvalue weighted by molar-refractivity contribution is 0.281. The van der Waals surface area contributed by atoms with Crippen molar-refractivity contribution >= 4 is 10.0 Å². The van der Waals surface area contributed by atoms with Crippen molar-refractivity contribution in [2.75, 3.05) is 0 Å². The largest absolute Gasteiger partial charge is 0.392 e. The van der Waals surface area contributed by atoms with Crippen molar-refractivity contribution in [1.29, 1.82) is 0 Å². The summed E-state index contributed by atoms with van der Waals surface area (Å²) >= 11 is 0. The van der Waals surface area contributed by atoms with E-state index in [1.54, 1.807) is 6.20 Å². The Morgan fingerprint density at radius 3 is 2.72 bits per heavy atom. The molecule has 0 radical (unpaired) electrons. The van der Waals surface area contributed by atoms with Crippen molar-refractivity contribution in [3.05, 3.63) is 42.1 Å². The van der Waals surface area contributed by atoms with Gasteiger partial charge in [-0.3, -0.25) is 0 Å². The van der Waals surface area contributed by atoms with Crippen LogP contribution in [0.5, 0.6) is 0 Å². The molecule has 0 saturated carbocycles. The van der Waals surface area contributed by atoms with Crippen molar-refractivity contribution in [2.24, 2.45) is 0 Å². The fourth-order valence-electron chi connectivity index (χ4n) is 1.30. The van der Waals surface area contributed by atoms with E-state index in [0.29, 0.717) is 11.4 Å². The van der Waals surface area contributed by atoms with Crippen LogP contribution in [-0.2, 0) is 23.2 Å². The van der Waals surface area contributed by atoms with E-state index < -0.39 is 10.0 Å². The highest BCUT2D eigenvalue weighted by atomic mass is 32.2. The van der Waals surface area contributed by atoms with Crippen LogP contribution in [0, 0.1) is 0 Å². The summed E-state index contributed by atoms with van der Waals surface area (Å²) in [5.74, 6) is 0.519. The number of aliphatic hydroxyl groups excluding tert-OH is 1. The first-order valence-corrected chi connectivity index (χ1v) is 6.64. The number of aromatic nitrogens is 3. The topological polar surface area (TPSA) is 108 Å². The Morgan fingerprint density at radius 1 is 1.33 bits per heavy atom. The summed E-state index contributed by atoms with van der Waals surface area (Å²) in [5, 5.41) is 8.75. The van der Waals surface area contributed by atoms with E-state index in [9.17, 15) is 8.42 Å². The first-order chi connectivity index (χ1) is 8.62. The molecule has 0 fully saturated rings. The highest BCUT2D eigenvalue weighted by Crippen LogP contribution is 2.07. The third-order valence-corrected chi connectivity index (χ3v) is 3.56. The maximum absolute atomic E-state index is 11.8. The van der Waals surface area contributed by atoms with E-state index >= 15 is 0 Å². The first kappa shape index (κ1) is 12.7. The van der Waals surface area contributed by atoms with Crippen LogP contribution >= 0.6 is 0 Å². The van der Waals surface area contributed by atoms with Crippen LogP contribution in [0.4, 0.5) is 0 Å². The molecule has 7 nitrogen and oxygen atoms in total. The van der Waals surface area contributed by atoms with Gasteiger partial charge in [-0.1, -0.05) is 6.07 Å². The molecule has 2 rings (SSSR count). The summed E-state index contributed by atoms with van der Waals surface area (Å²) in [6.45, 7) is -0.105. The van der Waals surface area contributed by atoms with Crippen molar-refractivity contribution in [1.82, 2.24) is 19.7 Å². The van der Waals surface area contributed by atoms with Crippen LogP contribution in [-0.4, -0.2) is 28.5 Å². The lowest BCUT2D eigenvalue weighted by atomic mass is 10.3. The van der Waals surface area contributed by atoms with Gasteiger partial charge in [0.05, 0.1) is 13.2 Å². The van der Waals surface area contributed by atoms with E-state index in [4.69, 9.17) is 5.11 Å². The van der Waals surface area contributed by atoms with E-state index in [1.807, 2.05) is 0 Å². The Morgan fingerprint density at radius 2 is 2.17 bits per heavy atom. The number of imidazole rings is 1. The van der Waals surface area contributed by atoms with E-state index in [-0.39, 0.29) is 18.2 Å². The molecule has 0 atom stereocenters. The third kappa shape index (κ3) is 2.92. The summed E-state index contributed by atoms with van der Waals surface area (Å²) in [7, 11) is -3.66. The Kier molecular flexibility index (Phi) is 3.70. The maximum Gasteiger partial charge on any atom is 0.258 e. The number of pyridine rings is 1. The second-order valence-electron chi connectivity index (χ2n) is 3.52. The molecule has 0 aromatic carbocycles. The summed E-state index contributed by atoms with van der Waals surface area (Å²) in [6, 6.07) is 2.85. The van der Waals surface area contributed by atoms with Gasteiger partial charge in [-0.25, -0.2) is 23.1 Å². The molecule has 0 bridgehead atoms.